The van der Waals surface area contributed by atoms with Crippen molar-refractivity contribution in [3.63, 3.8) is 0 Å². The highest BCUT2D eigenvalue weighted by atomic mass is 16.5. The number of amides is 1. The second-order valence-corrected chi connectivity index (χ2v) is 5.40. The van der Waals surface area contributed by atoms with E-state index in [1.165, 1.54) is 7.05 Å². The van der Waals surface area contributed by atoms with Crippen LogP contribution in [0.3, 0.4) is 0 Å². The average molecular weight is 302 g/mol. The van der Waals surface area contributed by atoms with Gasteiger partial charge in [0.2, 0.25) is 5.89 Å². The molecule has 1 heterocycles. The first-order valence-electron chi connectivity index (χ1n) is 7.22. The van der Waals surface area contributed by atoms with Gasteiger partial charge < -0.3 is 14.9 Å². The lowest BCUT2D eigenvalue weighted by Crippen LogP contribution is -2.25. The van der Waals surface area contributed by atoms with Crippen LogP contribution in [0.4, 0.5) is 0 Å². The van der Waals surface area contributed by atoms with Crippen molar-refractivity contribution in [2.75, 3.05) is 7.05 Å². The molecule has 116 valence electrons. The van der Waals surface area contributed by atoms with E-state index in [1.807, 2.05) is 12.1 Å². The number of aromatic nitrogens is 2. The first-order valence-corrected chi connectivity index (χ1v) is 7.22. The van der Waals surface area contributed by atoms with Crippen molar-refractivity contribution in [2.24, 2.45) is 0 Å². The van der Waals surface area contributed by atoms with E-state index in [-0.39, 0.29) is 17.5 Å². The van der Waals surface area contributed by atoms with Crippen molar-refractivity contribution in [2.45, 2.75) is 32.0 Å². The quantitative estimate of drug-likeness (QED) is 0.835. The van der Waals surface area contributed by atoms with E-state index in [0.29, 0.717) is 25.0 Å². The van der Waals surface area contributed by atoms with Gasteiger partial charge in [-0.3, -0.25) is 9.69 Å². The summed E-state index contributed by atoms with van der Waals surface area (Å²) in [6, 6.07) is 7.68. The van der Waals surface area contributed by atoms with Crippen LogP contribution in [0.1, 0.15) is 34.9 Å². The van der Waals surface area contributed by atoms with E-state index >= 15 is 0 Å². The van der Waals surface area contributed by atoms with E-state index in [9.17, 15) is 9.90 Å². The normalized spacial score (nSPS) is 14.3. The number of hydrogen-bond acceptors (Lipinski definition) is 6. The predicted molar refractivity (Wildman–Crippen MR) is 78.1 cm³/mol. The molecule has 0 aliphatic heterocycles. The van der Waals surface area contributed by atoms with Crippen LogP contribution in [-0.2, 0) is 13.1 Å². The van der Waals surface area contributed by atoms with Crippen molar-refractivity contribution in [3.8, 4) is 5.75 Å². The number of benzene rings is 1. The third-order valence-electron chi connectivity index (χ3n) is 3.60. The highest BCUT2D eigenvalue weighted by molar-refractivity contribution is 5.89. The zero-order valence-corrected chi connectivity index (χ0v) is 12.3. The maximum absolute atomic E-state index is 11.4. The lowest BCUT2D eigenvalue weighted by atomic mass is 10.2. The second kappa shape index (κ2) is 6.15. The zero-order valence-electron chi connectivity index (χ0n) is 12.3. The molecule has 2 N–H and O–H groups in total. The van der Waals surface area contributed by atoms with Gasteiger partial charge in [-0.2, -0.15) is 4.98 Å². The third-order valence-corrected chi connectivity index (χ3v) is 3.60. The van der Waals surface area contributed by atoms with Crippen molar-refractivity contribution >= 4 is 5.91 Å². The number of carbonyl (C=O) groups is 1. The van der Waals surface area contributed by atoms with E-state index in [0.717, 1.165) is 18.4 Å². The Morgan fingerprint density at radius 1 is 1.45 bits per heavy atom. The standard InChI is InChI=1S/C15H18N4O3/c1-16-15(21)14-17-13(22-18-14)9-19(11-5-6-11)8-10-3-2-4-12(20)7-10/h2-4,7,11,20H,5-6,8-9H2,1H3,(H,16,21). The second-order valence-electron chi connectivity index (χ2n) is 5.40. The molecule has 0 atom stereocenters. The van der Waals surface area contributed by atoms with Gasteiger partial charge in [-0.05, 0) is 30.5 Å². The summed E-state index contributed by atoms with van der Waals surface area (Å²) in [4.78, 5) is 17.8. The molecule has 1 aliphatic carbocycles. The summed E-state index contributed by atoms with van der Waals surface area (Å²) in [6.45, 7) is 1.18. The molecular weight excluding hydrogens is 284 g/mol. The maximum atomic E-state index is 11.4. The largest absolute Gasteiger partial charge is 0.508 e. The van der Waals surface area contributed by atoms with Gasteiger partial charge in [0.15, 0.2) is 0 Å². The number of aromatic hydroxyl groups is 1. The van der Waals surface area contributed by atoms with Gasteiger partial charge in [-0.15, -0.1) is 0 Å². The molecule has 7 nitrogen and oxygen atoms in total. The molecule has 0 unspecified atom stereocenters. The fraction of sp³-hybridized carbons (Fsp3) is 0.400. The van der Waals surface area contributed by atoms with Crippen molar-refractivity contribution < 1.29 is 14.4 Å². The summed E-state index contributed by atoms with van der Waals surface area (Å²) in [6.07, 6.45) is 2.27. The molecule has 0 spiro atoms. The molecule has 2 aromatic rings. The van der Waals surface area contributed by atoms with Gasteiger partial charge in [0, 0.05) is 19.6 Å². The molecule has 22 heavy (non-hydrogen) atoms. The summed E-state index contributed by atoms with van der Waals surface area (Å²) in [7, 11) is 1.52. The van der Waals surface area contributed by atoms with Gasteiger partial charge in [0.25, 0.3) is 11.7 Å². The molecule has 1 saturated carbocycles. The summed E-state index contributed by atoms with van der Waals surface area (Å²) >= 11 is 0. The molecular formula is C15H18N4O3. The smallest absolute Gasteiger partial charge is 0.292 e. The predicted octanol–water partition coefficient (Wildman–Crippen LogP) is 1.30. The number of nitrogens with zero attached hydrogens (tertiary/aromatic N) is 3. The Hall–Kier alpha value is -2.41. The lowest BCUT2D eigenvalue weighted by molar-refractivity contribution is 0.0950. The monoisotopic (exact) mass is 302 g/mol. The number of nitrogens with one attached hydrogen (secondary N) is 1. The summed E-state index contributed by atoms with van der Waals surface area (Å²) in [5.41, 5.74) is 1.03. The molecule has 3 rings (SSSR count). The van der Waals surface area contributed by atoms with E-state index in [4.69, 9.17) is 4.52 Å². The Kier molecular flexibility index (Phi) is 4.06. The van der Waals surface area contributed by atoms with Crippen LogP contribution in [0.15, 0.2) is 28.8 Å². The number of rotatable bonds is 6. The Labute approximate surface area is 127 Å². The molecule has 1 fully saturated rings. The van der Waals surface area contributed by atoms with Crippen LogP contribution < -0.4 is 5.32 Å². The van der Waals surface area contributed by atoms with Crippen molar-refractivity contribution in [1.82, 2.24) is 20.4 Å². The molecule has 0 bridgehead atoms. The SMILES string of the molecule is CNC(=O)c1noc(CN(Cc2cccc(O)c2)C2CC2)n1. The number of phenols is 1. The molecule has 1 amide bonds. The first-order chi connectivity index (χ1) is 10.7. The van der Waals surface area contributed by atoms with Crippen LogP contribution in [0.2, 0.25) is 0 Å². The Balaban J connectivity index is 1.69. The summed E-state index contributed by atoms with van der Waals surface area (Å²) in [5.74, 6) is 0.366. The Morgan fingerprint density at radius 2 is 2.27 bits per heavy atom. The number of hydrogen-bond donors (Lipinski definition) is 2. The minimum Gasteiger partial charge on any atom is -0.508 e. The highest BCUT2D eigenvalue weighted by Crippen LogP contribution is 2.30. The average Bonchev–Trinajstić information content (AvgIpc) is 3.26. The molecule has 1 aromatic carbocycles. The van der Waals surface area contributed by atoms with E-state index < -0.39 is 0 Å². The fourth-order valence-corrected chi connectivity index (χ4v) is 2.34. The van der Waals surface area contributed by atoms with Gasteiger partial charge in [0.1, 0.15) is 5.75 Å². The van der Waals surface area contributed by atoms with Gasteiger partial charge in [-0.1, -0.05) is 17.3 Å². The third kappa shape index (κ3) is 3.43. The summed E-state index contributed by atoms with van der Waals surface area (Å²) < 4.78 is 5.14. The highest BCUT2D eigenvalue weighted by Gasteiger charge is 2.30. The molecule has 0 radical (unpaired) electrons. The lowest BCUT2D eigenvalue weighted by Gasteiger charge is -2.20. The van der Waals surface area contributed by atoms with Crippen LogP contribution >= 0.6 is 0 Å². The minimum atomic E-state index is -0.360. The van der Waals surface area contributed by atoms with Crippen LogP contribution in [0.25, 0.3) is 0 Å². The van der Waals surface area contributed by atoms with Crippen LogP contribution in [0.5, 0.6) is 5.75 Å². The van der Waals surface area contributed by atoms with Gasteiger partial charge >= 0.3 is 0 Å². The van der Waals surface area contributed by atoms with Crippen molar-refractivity contribution in [3.05, 3.63) is 41.5 Å². The first kappa shape index (κ1) is 14.5. The maximum Gasteiger partial charge on any atom is 0.292 e. The summed E-state index contributed by atoms with van der Waals surface area (Å²) in [5, 5.41) is 15.7. The zero-order chi connectivity index (χ0) is 15.5. The number of carbonyl (C=O) groups excluding carboxylic acids is 1. The molecule has 0 saturated heterocycles. The van der Waals surface area contributed by atoms with Gasteiger partial charge in [-0.25, -0.2) is 0 Å². The van der Waals surface area contributed by atoms with E-state index in [1.54, 1.807) is 12.1 Å². The van der Waals surface area contributed by atoms with Crippen LogP contribution in [0, 0.1) is 0 Å². The molecule has 7 heteroatoms. The number of phenolic OH excluding ortho intramolecular Hbond substituents is 1. The Bertz CT molecular complexity index is 666. The minimum absolute atomic E-state index is 0.0469. The Morgan fingerprint density at radius 3 is 2.95 bits per heavy atom. The molecule has 1 aliphatic rings. The van der Waals surface area contributed by atoms with Crippen LogP contribution in [-0.4, -0.2) is 39.1 Å². The topological polar surface area (TPSA) is 91.5 Å². The van der Waals surface area contributed by atoms with Gasteiger partial charge in [0.05, 0.1) is 6.54 Å². The van der Waals surface area contributed by atoms with Crippen molar-refractivity contribution in [1.29, 1.82) is 0 Å². The molecule has 1 aromatic heterocycles. The van der Waals surface area contributed by atoms with E-state index in [2.05, 4.69) is 20.4 Å². The fourth-order valence-electron chi connectivity index (χ4n) is 2.34.